The molecule has 0 heterocycles. The van der Waals surface area contributed by atoms with Gasteiger partial charge in [0.05, 0.1) is 18.2 Å². The number of carbonyl (C=O) groups excluding carboxylic acids is 2. The molecule has 2 aromatic rings. The maximum absolute atomic E-state index is 12.2. The van der Waals surface area contributed by atoms with Crippen LogP contribution in [0.2, 0.25) is 0 Å². The van der Waals surface area contributed by atoms with Gasteiger partial charge in [-0.05, 0) is 97.5 Å². The number of hydrogen-bond donors (Lipinski definition) is 1. The number of halogens is 1. The van der Waals surface area contributed by atoms with Crippen LogP contribution in [0.5, 0.6) is 5.75 Å². The highest BCUT2D eigenvalue weighted by Gasteiger charge is 2.20. The van der Waals surface area contributed by atoms with Gasteiger partial charge in [0.25, 0.3) is 5.91 Å². The Hall–Kier alpha value is -2.67. The maximum Gasteiger partial charge on any atom is 0.344 e. The van der Waals surface area contributed by atoms with E-state index in [1.165, 1.54) is 6.21 Å². The predicted octanol–water partition coefficient (Wildman–Crippen LogP) is 2.93. The van der Waals surface area contributed by atoms with E-state index in [1.54, 1.807) is 69.3 Å². The summed E-state index contributed by atoms with van der Waals surface area (Å²) < 4.78 is 36.7. The van der Waals surface area contributed by atoms with Crippen LogP contribution in [0.25, 0.3) is 0 Å². The average molecular weight is 587 g/mol. The maximum atomic E-state index is 12.2. The number of hydrogen-bond acceptors (Lipinski definition) is 7. The van der Waals surface area contributed by atoms with Crippen LogP contribution in [0.15, 0.2) is 53.6 Å². The van der Waals surface area contributed by atoms with Gasteiger partial charge in [-0.15, -0.1) is 0 Å². The number of carbonyl (C=O) groups is 2. The molecule has 0 saturated heterocycles. The van der Waals surface area contributed by atoms with Gasteiger partial charge in [-0.3, -0.25) is 9.10 Å². The van der Waals surface area contributed by atoms with Gasteiger partial charge in [0.2, 0.25) is 10.0 Å². The molecule has 0 unspecified atom stereocenters. The first-order valence-corrected chi connectivity index (χ1v) is 12.8. The van der Waals surface area contributed by atoms with Crippen molar-refractivity contribution < 1.29 is 27.5 Å². The fourth-order valence-electron chi connectivity index (χ4n) is 2.52. The smallest absolute Gasteiger partial charge is 0.344 e. The number of hydrazone groups is 1. The van der Waals surface area contributed by atoms with E-state index in [2.05, 4.69) is 33.1 Å². The van der Waals surface area contributed by atoms with Crippen LogP contribution in [0, 0.1) is 3.57 Å². The lowest BCUT2D eigenvalue weighted by Gasteiger charge is -2.21. The summed E-state index contributed by atoms with van der Waals surface area (Å²) in [6.07, 6.45) is 2.44. The lowest BCUT2D eigenvalue weighted by molar-refractivity contribution is -0.157. The topological polar surface area (TPSA) is 114 Å². The van der Waals surface area contributed by atoms with Crippen LogP contribution in [-0.2, 0) is 24.3 Å². The summed E-state index contributed by atoms with van der Waals surface area (Å²) in [5.74, 6) is -0.583. The highest BCUT2D eigenvalue weighted by atomic mass is 127. The van der Waals surface area contributed by atoms with Gasteiger partial charge in [0, 0.05) is 3.57 Å². The zero-order valence-electron chi connectivity index (χ0n) is 18.7. The fraction of sp³-hybridized carbons (Fsp3) is 0.318. The Bertz CT molecular complexity index is 1090. The first-order chi connectivity index (χ1) is 15.3. The second-order valence-electron chi connectivity index (χ2n) is 7.98. The SMILES string of the molecule is CC(C)(C)OC(=O)COc1ccc(/C=N\NC(=O)CN(c2ccc(I)cc2)S(C)(=O)=O)cc1. The molecule has 178 valence electrons. The zero-order chi connectivity index (χ0) is 24.6. The van der Waals surface area contributed by atoms with Crippen LogP contribution in [0.3, 0.4) is 0 Å². The molecule has 11 heteroatoms. The van der Waals surface area contributed by atoms with Gasteiger partial charge >= 0.3 is 5.97 Å². The van der Waals surface area contributed by atoms with Crippen molar-refractivity contribution in [2.45, 2.75) is 26.4 Å². The number of rotatable bonds is 9. The van der Waals surface area contributed by atoms with E-state index in [0.29, 0.717) is 17.0 Å². The average Bonchev–Trinajstić information content (AvgIpc) is 2.70. The van der Waals surface area contributed by atoms with Crippen molar-refractivity contribution in [2.24, 2.45) is 5.10 Å². The number of ether oxygens (including phenoxy) is 2. The van der Waals surface area contributed by atoms with Crippen molar-refractivity contribution in [1.82, 2.24) is 5.43 Å². The molecule has 0 aromatic heterocycles. The number of nitrogens with zero attached hydrogens (tertiary/aromatic N) is 2. The molecule has 1 amide bonds. The summed E-state index contributed by atoms with van der Waals surface area (Å²) in [5, 5.41) is 3.87. The highest BCUT2D eigenvalue weighted by Crippen LogP contribution is 2.19. The third-order valence-corrected chi connectivity index (χ3v) is 5.72. The van der Waals surface area contributed by atoms with Gasteiger partial charge in [-0.25, -0.2) is 18.6 Å². The third kappa shape index (κ3) is 9.78. The Kier molecular flexibility index (Phi) is 9.23. The minimum atomic E-state index is -3.66. The van der Waals surface area contributed by atoms with Crippen molar-refractivity contribution >= 4 is 56.4 Å². The fourth-order valence-corrected chi connectivity index (χ4v) is 3.73. The van der Waals surface area contributed by atoms with Gasteiger partial charge < -0.3 is 9.47 Å². The monoisotopic (exact) mass is 587 g/mol. The number of anilines is 1. The van der Waals surface area contributed by atoms with Gasteiger partial charge in [0.1, 0.15) is 17.9 Å². The highest BCUT2D eigenvalue weighted by molar-refractivity contribution is 14.1. The second-order valence-corrected chi connectivity index (χ2v) is 11.1. The second kappa shape index (κ2) is 11.5. The lowest BCUT2D eigenvalue weighted by Crippen LogP contribution is -2.39. The number of nitrogens with one attached hydrogen (secondary N) is 1. The summed E-state index contributed by atoms with van der Waals surface area (Å²) >= 11 is 2.11. The molecule has 9 nitrogen and oxygen atoms in total. The standard InChI is InChI=1S/C22H26IN3O6S/c1-22(2,3)32-21(28)15-31-19-11-5-16(6-12-19)13-24-25-20(27)14-26(33(4,29)30)18-9-7-17(23)8-10-18/h5-13H,14-15H2,1-4H3,(H,25,27)/b24-13-. The number of benzene rings is 2. The minimum Gasteiger partial charge on any atom is -0.482 e. The van der Waals surface area contributed by atoms with Crippen LogP contribution in [0.1, 0.15) is 26.3 Å². The minimum absolute atomic E-state index is 0.210. The normalized spacial score (nSPS) is 11.8. The summed E-state index contributed by atoms with van der Waals surface area (Å²) in [4.78, 5) is 23.9. The summed E-state index contributed by atoms with van der Waals surface area (Å²) in [5.41, 5.74) is 2.79. The van der Waals surface area contributed by atoms with Crippen molar-refractivity contribution in [3.05, 3.63) is 57.7 Å². The molecule has 0 radical (unpaired) electrons. The van der Waals surface area contributed by atoms with Crippen molar-refractivity contribution in [2.75, 3.05) is 23.7 Å². The van der Waals surface area contributed by atoms with Crippen molar-refractivity contribution in [3.63, 3.8) is 0 Å². The Balaban J connectivity index is 1.90. The van der Waals surface area contributed by atoms with E-state index in [-0.39, 0.29) is 6.61 Å². The molecule has 0 spiro atoms. The Morgan fingerprint density at radius 2 is 1.70 bits per heavy atom. The molecular weight excluding hydrogens is 561 g/mol. The molecule has 2 aromatic carbocycles. The molecule has 0 aliphatic heterocycles. The molecule has 1 N–H and O–H groups in total. The first-order valence-electron chi connectivity index (χ1n) is 9.83. The van der Waals surface area contributed by atoms with Crippen LogP contribution in [-0.4, -0.2) is 51.5 Å². The Morgan fingerprint density at radius 3 is 2.24 bits per heavy atom. The molecule has 0 bridgehead atoms. The van der Waals surface area contributed by atoms with E-state index in [9.17, 15) is 18.0 Å². The van der Waals surface area contributed by atoms with Crippen LogP contribution >= 0.6 is 22.6 Å². The molecule has 0 saturated carbocycles. The van der Waals surface area contributed by atoms with E-state index in [1.807, 2.05) is 0 Å². The van der Waals surface area contributed by atoms with Crippen molar-refractivity contribution in [3.8, 4) is 5.75 Å². The molecule has 33 heavy (non-hydrogen) atoms. The molecule has 0 aliphatic rings. The summed E-state index contributed by atoms with van der Waals surface area (Å²) in [6.45, 7) is 4.71. The van der Waals surface area contributed by atoms with Crippen molar-refractivity contribution in [1.29, 1.82) is 0 Å². The quantitative estimate of drug-likeness (QED) is 0.209. The largest absolute Gasteiger partial charge is 0.482 e. The first kappa shape index (κ1) is 26.6. The van der Waals surface area contributed by atoms with Gasteiger partial charge in [-0.2, -0.15) is 5.10 Å². The predicted molar refractivity (Wildman–Crippen MR) is 135 cm³/mol. The number of esters is 1. The molecular formula is C22H26IN3O6S. The Morgan fingerprint density at radius 1 is 1.09 bits per heavy atom. The van der Waals surface area contributed by atoms with Crippen LogP contribution in [0.4, 0.5) is 5.69 Å². The number of amides is 1. The summed E-state index contributed by atoms with van der Waals surface area (Å²) in [7, 11) is -3.66. The van der Waals surface area contributed by atoms with Gasteiger partial charge in [0.15, 0.2) is 6.61 Å². The van der Waals surface area contributed by atoms with E-state index >= 15 is 0 Å². The van der Waals surface area contributed by atoms with Gasteiger partial charge in [-0.1, -0.05) is 0 Å². The molecule has 0 atom stereocenters. The van der Waals surface area contributed by atoms with E-state index < -0.39 is 34.0 Å². The Labute approximate surface area is 207 Å². The molecule has 2 rings (SSSR count). The molecule has 0 aliphatic carbocycles. The van der Waals surface area contributed by atoms with E-state index in [0.717, 1.165) is 14.1 Å². The zero-order valence-corrected chi connectivity index (χ0v) is 21.7. The third-order valence-electron chi connectivity index (χ3n) is 3.86. The number of sulfonamides is 1. The van der Waals surface area contributed by atoms with Crippen LogP contribution < -0.4 is 14.5 Å². The molecule has 0 fully saturated rings. The lowest BCUT2D eigenvalue weighted by atomic mass is 10.2. The summed E-state index contributed by atoms with van der Waals surface area (Å²) in [6, 6.07) is 13.4. The van der Waals surface area contributed by atoms with E-state index in [4.69, 9.17) is 9.47 Å².